The molecule has 0 bridgehead atoms. The lowest BCUT2D eigenvalue weighted by molar-refractivity contribution is 1.17. The molecule has 127 heavy (non-hydrogen) atoms. The third kappa shape index (κ3) is 11.2. The SMILES string of the molecule is c1ccc([Si]2(c3ccccc3)c3ccccc3-c3cc(-c4cccc([Si]5(c6ccccc6)c6ccccc6[Si](c6ccccc6)(c6ccccc6)c6ccccc6[Si](c6ccccc6)(c6ccccc6)c6ccccc65)c4)ccc3[Si](c3ccccc3)(c3ccccc3)c3cc(-n4c5ccccc5c5cc(-n6c7ccccc7c7ccccc76)ccc54)ccc32)cc1. The number of benzene rings is 20. The van der Waals surface area contributed by atoms with E-state index in [9.17, 15) is 0 Å². The van der Waals surface area contributed by atoms with Crippen LogP contribution in [0.5, 0.6) is 0 Å². The van der Waals surface area contributed by atoms with E-state index in [1.807, 2.05) is 0 Å². The molecule has 2 aliphatic heterocycles. The van der Waals surface area contributed by atoms with Gasteiger partial charge in [-0.2, -0.15) is 0 Å². The molecule has 0 N–H and O–H groups in total. The predicted octanol–water partition coefficient (Wildman–Crippen LogP) is 14.7. The van der Waals surface area contributed by atoms with Crippen molar-refractivity contribution in [2.45, 2.75) is 0 Å². The minimum Gasteiger partial charge on any atom is -0.309 e. The van der Waals surface area contributed by atoms with Crippen LogP contribution in [-0.4, -0.2) is 49.5 Å². The van der Waals surface area contributed by atoms with Gasteiger partial charge in [0.1, 0.15) is 0 Å². The topological polar surface area (TPSA) is 9.86 Å². The van der Waals surface area contributed by atoms with Gasteiger partial charge < -0.3 is 9.13 Å². The second-order valence-electron chi connectivity index (χ2n) is 34.2. The summed E-state index contributed by atoms with van der Waals surface area (Å²) < 4.78 is 5.05. The Hall–Kier alpha value is -14.9. The minimum atomic E-state index is -3.77. The smallest absolute Gasteiger partial charge is 0.180 e. The predicted molar refractivity (Wildman–Crippen MR) is 551 cm³/mol. The van der Waals surface area contributed by atoms with Crippen molar-refractivity contribution in [1.29, 1.82) is 0 Å². The van der Waals surface area contributed by atoms with Crippen molar-refractivity contribution in [2.75, 3.05) is 0 Å². The summed E-state index contributed by atoms with van der Waals surface area (Å²) in [5.74, 6) is 0. The number of hydrogen-bond acceptors (Lipinski definition) is 0. The fourth-order valence-corrected chi connectivity index (χ4v) is 52.8. The van der Waals surface area contributed by atoms with Crippen LogP contribution in [-0.2, 0) is 0 Å². The Morgan fingerprint density at radius 3 is 0.748 bits per heavy atom. The van der Waals surface area contributed by atoms with Crippen LogP contribution in [0.1, 0.15) is 0 Å². The van der Waals surface area contributed by atoms with Gasteiger partial charge in [0.15, 0.2) is 40.4 Å². The summed E-state index contributed by atoms with van der Waals surface area (Å²) in [6.45, 7) is 0. The Morgan fingerprint density at radius 1 is 0.126 bits per heavy atom. The molecular formula is C120H86N2Si5. The first-order valence-electron chi connectivity index (χ1n) is 44.4. The molecule has 0 aliphatic carbocycles. The molecule has 0 fully saturated rings. The number of para-hydroxylation sites is 3. The molecule has 24 rings (SSSR count). The lowest BCUT2D eigenvalue weighted by Gasteiger charge is -2.45. The average molecular weight is 1700 g/mol. The highest BCUT2D eigenvalue weighted by atomic mass is 28.3. The zero-order valence-corrected chi connectivity index (χ0v) is 75.0. The fourth-order valence-electron chi connectivity index (χ4n) is 23.4. The van der Waals surface area contributed by atoms with E-state index in [1.54, 1.807) is 0 Å². The van der Waals surface area contributed by atoms with Gasteiger partial charge in [-0.05, 0) is 181 Å². The Labute approximate surface area is 746 Å². The number of rotatable bonds is 13. The molecule has 0 atom stereocenters. The van der Waals surface area contributed by atoms with Crippen LogP contribution in [0.2, 0.25) is 0 Å². The van der Waals surface area contributed by atoms with E-state index >= 15 is 0 Å². The van der Waals surface area contributed by atoms with E-state index in [-0.39, 0.29) is 0 Å². The Balaban J connectivity index is 0.819. The minimum absolute atomic E-state index is 1.12. The van der Waals surface area contributed by atoms with Gasteiger partial charge in [0, 0.05) is 32.9 Å². The third-order valence-electron chi connectivity index (χ3n) is 28.3. The summed E-state index contributed by atoms with van der Waals surface area (Å²) in [6.07, 6.45) is 0. The summed E-state index contributed by atoms with van der Waals surface area (Å²) >= 11 is 0. The standard InChI is InChI=1S/C120H86N2Si5/c1-10-44-91(45-11-1)123(92-46-12-2-13-47-92)111-70-35-31-66-104(111)106-84-88(77-81-112(106)124(93-48-14-3-15-49-93,94-50-16-4-17-51-94)120-86-90(79-82-119(120)123)122-109-69-34-30-65-103(109)105-85-89(78-80-110(105)122)121-107-67-32-28-63-101(107)102-64-29-33-68-108(102)121)87-43-42-62-100(83-87)127(99-60-26-9-27-61-99)117-75-40-38-73-115(117)125(95-52-18-5-19-53-95,96-54-20-6-21-55-96)113-71-36-37-72-114(113)126(97-56-22-7-23-57-97,98-58-24-8-25-59-98)116-74-39-41-76-118(116)127/h1-86H. The van der Waals surface area contributed by atoms with E-state index in [2.05, 4.69) is 531 Å². The first kappa shape index (κ1) is 75.8. The Morgan fingerprint density at radius 2 is 0.370 bits per heavy atom. The quantitative estimate of drug-likeness (QED) is 0.102. The van der Waals surface area contributed by atoms with Crippen molar-refractivity contribution in [3.63, 3.8) is 0 Å². The van der Waals surface area contributed by atoms with E-state index in [0.717, 1.165) is 28.0 Å². The van der Waals surface area contributed by atoms with Gasteiger partial charge in [-0.3, -0.25) is 0 Å². The largest absolute Gasteiger partial charge is 0.309 e. The van der Waals surface area contributed by atoms with Crippen LogP contribution in [0.15, 0.2) is 522 Å². The van der Waals surface area contributed by atoms with E-state index < -0.39 is 40.4 Å². The van der Waals surface area contributed by atoms with Crippen molar-refractivity contribution < 1.29 is 0 Å². The highest BCUT2D eigenvalue weighted by molar-refractivity contribution is 7.34. The molecule has 0 saturated carbocycles. The number of nitrogens with zero attached hydrogens (tertiary/aromatic N) is 2. The highest BCUT2D eigenvalue weighted by Gasteiger charge is 2.59. The van der Waals surface area contributed by atoms with Crippen molar-refractivity contribution >= 4 is 188 Å². The van der Waals surface area contributed by atoms with Crippen molar-refractivity contribution in [2.24, 2.45) is 0 Å². The average Bonchev–Trinajstić information content (AvgIpc) is 1.68. The van der Waals surface area contributed by atoms with Crippen LogP contribution in [0.3, 0.4) is 0 Å². The van der Waals surface area contributed by atoms with E-state index in [0.29, 0.717) is 0 Å². The van der Waals surface area contributed by atoms with E-state index in [4.69, 9.17) is 0 Å². The van der Waals surface area contributed by atoms with Gasteiger partial charge in [0.05, 0.1) is 22.1 Å². The number of hydrogen-bond donors (Lipinski definition) is 0. The lowest BCUT2D eigenvalue weighted by atomic mass is 9.98. The number of fused-ring (bicyclic) bond motifs is 13. The molecule has 0 radical (unpaired) electrons. The maximum absolute atomic E-state index is 3.77. The summed E-state index contributed by atoms with van der Waals surface area (Å²) in [5, 5.41) is 32.3. The molecule has 2 aliphatic rings. The molecule has 20 aromatic carbocycles. The summed E-state index contributed by atoms with van der Waals surface area (Å²) in [7, 11) is -18.1. The van der Waals surface area contributed by atoms with Crippen LogP contribution in [0, 0.1) is 0 Å². The Kier molecular flexibility index (Phi) is 18.4. The zero-order valence-electron chi connectivity index (χ0n) is 70.0. The second kappa shape index (κ2) is 30.8. The fraction of sp³-hybridized carbons (Fsp3) is 0. The van der Waals surface area contributed by atoms with Gasteiger partial charge in [-0.15, -0.1) is 0 Å². The second-order valence-corrected chi connectivity index (χ2v) is 52.9. The highest BCUT2D eigenvalue weighted by Crippen LogP contribution is 2.39. The third-order valence-corrected chi connectivity index (χ3v) is 53.7. The van der Waals surface area contributed by atoms with Gasteiger partial charge >= 0.3 is 0 Å². The van der Waals surface area contributed by atoms with Gasteiger partial charge in [0.25, 0.3) is 0 Å². The van der Waals surface area contributed by atoms with Crippen molar-refractivity contribution in [3.05, 3.63) is 522 Å². The van der Waals surface area contributed by atoms with Crippen LogP contribution in [0.25, 0.3) is 77.2 Å². The normalized spacial score (nSPS) is 14.3. The molecule has 4 heterocycles. The molecule has 7 heteroatoms. The summed E-state index contributed by atoms with van der Waals surface area (Å²) in [5.41, 5.74) is 11.8. The van der Waals surface area contributed by atoms with Crippen LogP contribution in [0.4, 0.5) is 0 Å². The lowest BCUT2D eigenvalue weighted by Crippen LogP contribution is -2.86. The maximum Gasteiger partial charge on any atom is 0.180 e. The molecule has 596 valence electrons. The molecule has 0 unspecified atom stereocenters. The first-order valence-corrected chi connectivity index (χ1v) is 54.4. The van der Waals surface area contributed by atoms with Gasteiger partial charge in [0.2, 0.25) is 0 Å². The Bertz CT molecular complexity index is 7580. The number of aromatic nitrogens is 2. The summed E-state index contributed by atoms with van der Waals surface area (Å²) in [4.78, 5) is 0. The molecule has 2 nitrogen and oxygen atoms in total. The van der Waals surface area contributed by atoms with Crippen LogP contribution < -0.4 is 104 Å². The van der Waals surface area contributed by atoms with Gasteiger partial charge in [-0.25, -0.2) is 0 Å². The van der Waals surface area contributed by atoms with Crippen molar-refractivity contribution in [1.82, 2.24) is 9.13 Å². The van der Waals surface area contributed by atoms with Gasteiger partial charge in [-0.1, -0.05) is 467 Å². The molecule has 2 aromatic heterocycles. The zero-order chi connectivity index (χ0) is 84.1. The summed E-state index contributed by atoms with van der Waals surface area (Å²) in [6, 6.07) is 205. The molecular weight excluding hydrogens is 1610 g/mol. The molecule has 22 aromatic rings. The first-order chi connectivity index (χ1) is 63.0. The van der Waals surface area contributed by atoms with E-state index in [1.165, 1.54) is 153 Å². The monoisotopic (exact) mass is 1690 g/mol. The van der Waals surface area contributed by atoms with Crippen LogP contribution >= 0.6 is 0 Å². The maximum atomic E-state index is 2.70. The molecule has 0 saturated heterocycles. The molecule has 0 spiro atoms. The molecule has 0 amide bonds. The van der Waals surface area contributed by atoms with Crippen molar-refractivity contribution in [3.8, 4) is 33.6 Å².